The van der Waals surface area contributed by atoms with Crippen LogP contribution < -0.4 is 15.0 Å². The first-order valence-electron chi connectivity index (χ1n) is 13.0. The average Bonchev–Trinajstić information content (AvgIpc) is 3.61. The molecule has 3 N–H and O–H groups in total. The molecule has 0 atom stereocenters. The number of para-hydroxylation sites is 2. The Morgan fingerprint density at radius 3 is 2.43 bits per heavy atom. The molecule has 0 aliphatic carbocycles. The van der Waals surface area contributed by atoms with Crippen molar-refractivity contribution in [3.63, 3.8) is 0 Å². The summed E-state index contributed by atoms with van der Waals surface area (Å²) in [4.78, 5) is 24.4. The lowest BCUT2D eigenvalue weighted by molar-refractivity contribution is -0.384. The molecule has 3 aromatic carbocycles. The molecular weight excluding hydrogens is 562 g/mol. The standard InChI is InChI=1S/C28H27N7O6S/c1-19-23(27(33-15-7-8-16-33)34(31-19)20-9-3-2-4-10-20)18-29-30-25-14-13-21(17-26(25)35(38)39)42(40,41)32-24-12-6-5-11-22(24)28(36)37/h2-6,9-14,17-18,30,32H,7-8,15-16H2,1H3,(H,36,37). The molecule has 1 aromatic heterocycles. The van der Waals surface area contributed by atoms with Crippen LogP contribution in [0, 0.1) is 17.0 Å². The molecule has 13 nitrogen and oxygen atoms in total. The Hall–Kier alpha value is -5.24. The van der Waals surface area contributed by atoms with E-state index in [1.807, 2.05) is 41.9 Å². The predicted molar refractivity (Wildman–Crippen MR) is 158 cm³/mol. The van der Waals surface area contributed by atoms with Gasteiger partial charge in [-0.3, -0.25) is 20.3 Å². The minimum absolute atomic E-state index is 0.0306. The molecule has 42 heavy (non-hydrogen) atoms. The molecule has 0 amide bonds. The number of anilines is 3. The molecule has 1 saturated heterocycles. The molecule has 0 spiro atoms. The van der Waals surface area contributed by atoms with Crippen LogP contribution in [0.2, 0.25) is 0 Å². The van der Waals surface area contributed by atoms with Crippen LogP contribution in [0.5, 0.6) is 0 Å². The van der Waals surface area contributed by atoms with E-state index in [2.05, 4.69) is 20.1 Å². The summed E-state index contributed by atoms with van der Waals surface area (Å²) in [5.41, 5.74) is 4.04. The molecule has 216 valence electrons. The smallest absolute Gasteiger partial charge is 0.337 e. The van der Waals surface area contributed by atoms with E-state index in [9.17, 15) is 28.4 Å². The first-order valence-corrected chi connectivity index (χ1v) is 14.5. The second-order valence-corrected chi connectivity index (χ2v) is 11.2. The van der Waals surface area contributed by atoms with Crippen molar-refractivity contribution in [1.82, 2.24) is 9.78 Å². The summed E-state index contributed by atoms with van der Waals surface area (Å²) in [5.74, 6) is -0.459. The van der Waals surface area contributed by atoms with Crippen molar-refractivity contribution in [2.24, 2.45) is 5.10 Å². The van der Waals surface area contributed by atoms with Crippen molar-refractivity contribution in [2.45, 2.75) is 24.7 Å². The van der Waals surface area contributed by atoms with Gasteiger partial charge < -0.3 is 10.0 Å². The summed E-state index contributed by atoms with van der Waals surface area (Å²) in [6, 6.07) is 18.4. The highest BCUT2D eigenvalue weighted by atomic mass is 32.2. The fourth-order valence-corrected chi connectivity index (χ4v) is 5.81. The van der Waals surface area contributed by atoms with Crippen LogP contribution in [-0.4, -0.2) is 53.5 Å². The van der Waals surface area contributed by atoms with Crippen molar-refractivity contribution in [1.29, 1.82) is 0 Å². The van der Waals surface area contributed by atoms with Crippen LogP contribution in [0.15, 0.2) is 82.8 Å². The maximum Gasteiger partial charge on any atom is 0.337 e. The Bertz CT molecular complexity index is 1780. The number of rotatable bonds is 10. The van der Waals surface area contributed by atoms with Gasteiger partial charge in [-0.05, 0) is 56.2 Å². The second-order valence-electron chi connectivity index (χ2n) is 9.53. The highest BCUT2D eigenvalue weighted by Crippen LogP contribution is 2.31. The largest absolute Gasteiger partial charge is 0.478 e. The first-order chi connectivity index (χ1) is 20.2. The Morgan fingerprint density at radius 1 is 1.05 bits per heavy atom. The van der Waals surface area contributed by atoms with Crippen molar-refractivity contribution in [3.05, 3.63) is 99.7 Å². The van der Waals surface area contributed by atoms with Crippen LogP contribution in [0.4, 0.5) is 22.9 Å². The lowest BCUT2D eigenvalue weighted by Crippen LogP contribution is -2.22. The van der Waals surface area contributed by atoms with E-state index >= 15 is 0 Å². The Labute approximate surface area is 241 Å². The van der Waals surface area contributed by atoms with Crippen molar-refractivity contribution in [2.75, 3.05) is 28.1 Å². The van der Waals surface area contributed by atoms with E-state index in [0.29, 0.717) is 0 Å². The quantitative estimate of drug-likeness (QED) is 0.135. The minimum Gasteiger partial charge on any atom is -0.478 e. The Kier molecular flexibility index (Phi) is 7.88. The number of nitrogens with zero attached hydrogens (tertiary/aromatic N) is 5. The van der Waals surface area contributed by atoms with E-state index in [1.54, 1.807) is 6.21 Å². The van der Waals surface area contributed by atoms with Gasteiger partial charge in [0.15, 0.2) is 0 Å². The van der Waals surface area contributed by atoms with Gasteiger partial charge in [0.1, 0.15) is 11.5 Å². The topological polar surface area (TPSA) is 172 Å². The van der Waals surface area contributed by atoms with Gasteiger partial charge in [0.25, 0.3) is 15.7 Å². The van der Waals surface area contributed by atoms with Gasteiger partial charge in [0, 0.05) is 19.2 Å². The zero-order chi connectivity index (χ0) is 29.9. The number of carboxylic acid groups (broad SMARTS) is 1. The zero-order valence-electron chi connectivity index (χ0n) is 22.5. The maximum absolute atomic E-state index is 13.0. The monoisotopic (exact) mass is 589 g/mol. The molecular formula is C28H27N7O6S. The minimum atomic E-state index is -4.35. The van der Waals surface area contributed by atoms with E-state index in [1.165, 1.54) is 36.4 Å². The highest BCUT2D eigenvalue weighted by molar-refractivity contribution is 7.92. The van der Waals surface area contributed by atoms with Crippen LogP contribution in [0.3, 0.4) is 0 Å². The molecule has 5 rings (SSSR count). The van der Waals surface area contributed by atoms with Gasteiger partial charge in [0.2, 0.25) is 0 Å². The SMILES string of the molecule is Cc1nn(-c2ccccc2)c(N2CCCC2)c1C=NNc1ccc(S(=O)(=O)Nc2ccccc2C(=O)O)cc1[N+](=O)[O-]. The number of hydrazone groups is 1. The molecule has 1 aliphatic heterocycles. The van der Waals surface area contributed by atoms with Crippen molar-refractivity contribution < 1.29 is 23.2 Å². The number of carboxylic acids is 1. The van der Waals surface area contributed by atoms with E-state index in [-0.39, 0.29) is 16.9 Å². The van der Waals surface area contributed by atoms with Gasteiger partial charge in [-0.25, -0.2) is 17.9 Å². The molecule has 0 unspecified atom stereocenters. The number of nitro groups is 1. The summed E-state index contributed by atoms with van der Waals surface area (Å²) in [6.45, 7) is 3.58. The normalized spacial score (nSPS) is 13.4. The lowest BCUT2D eigenvalue weighted by Gasteiger charge is -2.20. The van der Waals surface area contributed by atoms with E-state index in [4.69, 9.17) is 5.10 Å². The van der Waals surface area contributed by atoms with Crippen molar-refractivity contribution >= 4 is 45.1 Å². The summed E-state index contributed by atoms with van der Waals surface area (Å²) in [5, 5.41) is 30.2. The summed E-state index contributed by atoms with van der Waals surface area (Å²) >= 11 is 0. The number of sulfonamides is 1. The first kappa shape index (κ1) is 28.3. The number of carbonyl (C=O) groups is 1. The predicted octanol–water partition coefficient (Wildman–Crippen LogP) is 4.63. The Balaban J connectivity index is 1.44. The molecule has 0 bridgehead atoms. The summed E-state index contributed by atoms with van der Waals surface area (Å²) < 4.78 is 30.0. The number of aromatic carboxylic acids is 1. The zero-order valence-corrected chi connectivity index (χ0v) is 23.3. The van der Waals surface area contributed by atoms with E-state index < -0.39 is 31.5 Å². The average molecular weight is 590 g/mol. The Morgan fingerprint density at radius 2 is 1.74 bits per heavy atom. The van der Waals surface area contributed by atoms with Gasteiger partial charge in [-0.1, -0.05) is 30.3 Å². The van der Waals surface area contributed by atoms with Gasteiger partial charge in [0.05, 0.1) is 44.2 Å². The second kappa shape index (κ2) is 11.7. The van der Waals surface area contributed by atoms with Gasteiger partial charge in [-0.15, -0.1) is 0 Å². The molecule has 14 heteroatoms. The third kappa shape index (κ3) is 5.78. The van der Waals surface area contributed by atoms with Gasteiger partial charge >= 0.3 is 5.97 Å². The fraction of sp³-hybridized carbons (Fsp3) is 0.179. The number of hydrogen-bond acceptors (Lipinski definition) is 9. The number of hydrogen-bond donors (Lipinski definition) is 3. The molecule has 2 heterocycles. The molecule has 0 radical (unpaired) electrons. The molecule has 1 aliphatic rings. The number of aromatic nitrogens is 2. The number of nitro benzene ring substituents is 1. The summed E-state index contributed by atoms with van der Waals surface area (Å²) in [7, 11) is -4.35. The van der Waals surface area contributed by atoms with Gasteiger partial charge in [-0.2, -0.15) is 10.2 Å². The van der Waals surface area contributed by atoms with Crippen LogP contribution in [0.25, 0.3) is 5.69 Å². The number of benzene rings is 3. The van der Waals surface area contributed by atoms with Crippen LogP contribution in [-0.2, 0) is 10.0 Å². The highest BCUT2D eigenvalue weighted by Gasteiger charge is 2.25. The van der Waals surface area contributed by atoms with E-state index in [0.717, 1.165) is 54.8 Å². The third-order valence-corrected chi connectivity index (χ3v) is 8.11. The van der Waals surface area contributed by atoms with Crippen molar-refractivity contribution in [3.8, 4) is 5.69 Å². The van der Waals surface area contributed by atoms with Crippen LogP contribution >= 0.6 is 0 Å². The third-order valence-electron chi connectivity index (χ3n) is 6.74. The lowest BCUT2D eigenvalue weighted by atomic mass is 10.2. The fourth-order valence-electron chi connectivity index (χ4n) is 4.71. The van der Waals surface area contributed by atoms with Crippen LogP contribution in [0.1, 0.15) is 34.5 Å². The number of aryl methyl sites for hydroxylation is 1. The molecule has 1 fully saturated rings. The maximum atomic E-state index is 13.0. The molecule has 0 saturated carbocycles. The molecule has 4 aromatic rings. The number of nitrogens with one attached hydrogen (secondary N) is 2. The summed E-state index contributed by atoms with van der Waals surface area (Å²) in [6.07, 6.45) is 3.65.